The molecule has 1 aromatic carbocycles. The summed E-state index contributed by atoms with van der Waals surface area (Å²) in [5.41, 5.74) is 1.12. The van der Waals surface area contributed by atoms with Crippen LogP contribution < -0.4 is 14.8 Å². The molecule has 4 heteroatoms. The Hall–Kier alpha value is -1.26. The molecule has 108 valence electrons. The second kappa shape index (κ2) is 8.77. The van der Waals surface area contributed by atoms with Gasteiger partial charge in [0.05, 0.1) is 19.3 Å². The van der Waals surface area contributed by atoms with Gasteiger partial charge in [0.15, 0.2) is 11.5 Å². The Kier molecular flexibility index (Phi) is 7.30. The van der Waals surface area contributed by atoms with Crippen molar-refractivity contribution in [1.82, 2.24) is 5.32 Å². The highest BCUT2D eigenvalue weighted by molar-refractivity contribution is 5.43. The van der Waals surface area contributed by atoms with Crippen LogP contribution in [0.4, 0.5) is 0 Å². The zero-order valence-electron chi connectivity index (χ0n) is 12.1. The molecule has 0 aliphatic rings. The van der Waals surface area contributed by atoms with Gasteiger partial charge in [0.2, 0.25) is 0 Å². The second-order valence-electron chi connectivity index (χ2n) is 4.54. The van der Waals surface area contributed by atoms with Crippen molar-refractivity contribution >= 4 is 0 Å². The molecule has 1 rings (SSSR count). The third kappa shape index (κ3) is 5.94. The molecule has 0 amide bonds. The molecule has 0 bridgehead atoms. The SMILES string of the molecule is CCCOc1ccc(CNC[C@@H](C)O)cc1OCC. The Morgan fingerprint density at radius 3 is 2.63 bits per heavy atom. The lowest BCUT2D eigenvalue weighted by molar-refractivity contribution is 0.191. The third-order valence-corrected chi connectivity index (χ3v) is 2.54. The number of hydrogen-bond acceptors (Lipinski definition) is 4. The lowest BCUT2D eigenvalue weighted by Crippen LogP contribution is -2.23. The molecule has 0 unspecified atom stereocenters. The van der Waals surface area contributed by atoms with E-state index in [1.165, 1.54) is 0 Å². The summed E-state index contributed by atoms with van der Waals surface area (Å²) in [7, 11) is 0. The van der Waals surface area contributed by atoms with Crippen LogP contribution in [0.5, 0.6) is 11.5 Å². The average Bonchev–Trinajstić information content (AvgIpc) is 2.38. The first kappa shape index (κ1) is 15.8. The van der Waals surface area contributed by atoms with Crippen LogP contribution in [0.3, 0.4) is 0 Å². The van der Waals surface area contributed by atoms with Gasteiger partial charge < -0.3 is 19.9 Å². The fourth-order valence-corrected chi connectivity index (χ4v) is 1.69. The number of rotatable bonds is 9. The summed E-state index contributed by atoms with van der Waals surface area (Å²) in [5.74, 6) is 1.58. The summed E-state index contributed by atoms with van der Waals surface area (Å²) in [6.07, 6.45) is 0.641. The maximum absolute atomic E-state index is 9.20. The Balaban J connectivity index is 2.65. The van der Waals surface area contributed by atoms with E-state index < -0.39 is 0 Å². The van der Waals surface area contributed by atoms with E-state index in [-0.39, 0.29) is 6.10 Å². The van der Waals surface area contributed by atoms with Crippen LogP contribution in [-0.4, -0.2) is 31.0 Å². The van der Waals surface area contributed by atoms with Crippen LogP contribution in [-0.2, 0) is 6.54 Å². The van der Waals surface area contributed by atoms with Crippen LogP contribution in [0.25, 0.3) is 0 Å². The van der Waals surface area contributed by atoms with Crippen LogP contribution in [0, 0.1) is 0 Å². The van der Waals surface area contributed by atoms with E-state index in [1.54, 1.807) is 6.92 Å². The summed E-state index contributed by atoms with van der Waals surface area (Å²) in [4.78, 5) is 0. The highest BCUT2D eigenvalue weighted by Crippen LogP contribution is 2.28. The van der Waals surface area contributed by atoms with Crippen molar-refractivity contribution in [3.8, 4) is 11.5 Å². The molecule has 1 aromatic rings. The quantitative estimate of drug-likeness (QED) is 0.721. The molecule has 4 nitrogen and oxygen atoms in total. The van der Waals surface area contributed by atoms with Crippen molar-refractivity contribution in [3.63, 3.8) is 0 Å². The number of benzene rings is 1. The average molecular weight is 267 g/mol. The fraction of sp³-hybridized carbons (Fsp3) is 0.600. The van der Waals surface area contributed by atoms with Crippen LogP contribution in [0.15, 0.2) is 18.2 Å². The molecule has 0 spiro atoms. The number of aliphatic hydroxyl groups is 1. The highest BCUT2D eigenvalue weighted by atomic mass is 16.5. The van der Waals surface area contributed by atoms with E-state index in [0.29, 0.717) is 26.3 Å². The van der Waals surface area contributed by atoms with Gasteiger partial charge in [-0.25, -0.2) is 0 Å². The van der Waals surface area contributed by atoms with Gasteiger partial charge in [-0.3, -0.25) is 0 Å². The molecule has 0 saturated carbocycles. The number of aliphatic hydroxyl groups excluding tert-OH is 1. The van der Waals surface area contributed by atoms with Gasteiger partial charge in [0, 0.05) is 13.1 Å². The van der Waals surface area contributed by atoms with Gasteiger partial charge in [-0.1, -0.05) is 13.0 Å². The largest absolute Gasteiger partial charge is 0.490 e. The molecular weight excluding hydrogens is 242 g/mol. The van der Waals surface area contributed by atoms with E-state index in [9.17, 15) is 5.11 Å². The first-order chi connectivity index (χ1) is 9.17. The van der Waals surface area contributed by atoms with E-state index in [0.717, 1.165) is 23.5 Å². The van der Waals surface area contributed by atoms with Gasteiger partial charge >= 0.3 is 0 Å². The highest BCUT2D eigenvalue weighted by Gasteiger charge is 2.06. The zero-order valence-corrected chi connectivity index (χ0v) is 12.1. The van der Waals surface area contributed by atoms with Gasteiger partial charge in [-0.15, -0.1) is 0 Å². The van der Waals surface area contributed by atoms with Crippen LogP contribution in [0.2, 0.25) is 0 Å². The lowest BCUT2D eigenvalue weighted by Gasteiger charge is -2.13. The molecule has 0 aromatic heterocycles. The number of ether oxygens (including phenoxy) is 2. The zero-order chi connectivity index (χ0) is 14.1. The minimum absolute atomic E-state index is 0.335. The lowest BCUT2D eigenvalue weighted by atomic mass is 10.2. The van der Waals surface area contributed by atoms with Crippen molar-refractivity contribution in [1.29, 1.82) is 0 Å². The van der Waals surface area contributed by atoms with Crippen LogP contribution >= 0.6 is 0 Å². The van der Waals surface area contributed by atoms with Crippen molar-refractivity contribution in [2.75, 3.05) is 19.8 Å². The van der Waals surface area contributed by atoms with Gasteiger partial charge in [0.25, 0.3) is 0 Å². The molecule has 1 atom stereocenters. The minimum Gasteiger partial charge on any atom is -0.490 e. The van der Waals surface area contributed by atoms with Crippen molar-refractivity contribution in [2.24, 2.45) is 0 Å². The second-order valence-corrected chi connectivity index (χ2v) is 4.54. The summed E-state index contributed by atoms with van der Waals surface area (Å²) in [6, 6.07) is 5.95. The molecule has 0 fully saturated rings. The fourth-order valence-electron chi connectivity index (χ4n) is 1.69. The summed E-state index contributed by atoms with van der Waals surface area (Å²) >= 11 is 0. The molecule has 0 radical (unpaired) electrons. The van der Waals surface area contributed by atoms with Crippen molar-refractivity contribution in [2.45, 2.75) is 39.8 Å². The molecule has 0 saturated heterocycles. The predicted molar refractivity (Wildman–Crippen MR) is 76.8 cm³/mol. The first-order valence-corrected chi connectivity index (χ1v) is 6.94. The normalized spacial score (nSPS) is 12.2. The van der Waals surface area contributed by atoms with Crippen LogP contribution in [0.1, 0.15) is 32.8 Å². The molecule has 0 aliphatic carbocycles. The maximum Gasteiger partial charge on any atom is 0.161 e. The topological polar surface area (TPSA) is 50.7 Å². The van der Waals surface area contributed by atoms with E-state index in [1.807, 2.05) is 25.1 Å². The molecule has 19 heavy (non-hydrogen) atoms. The smallest absolute Gasteiger partial charge is 0.161 e. The van der Waals surface area contributed by atoms with Crippen molar-refractivity contribution in [3.05, 3.63) is 23.8 Å². The predicted octanol–water partition coefficient (Wildman–Crippen LogP) is 2.34. The Morgan fingerprint density at radius 1 is 1.21 bits per heavy atom. The summed E-state index contributed by atoms with van der Waals surface area (Å²) in [5, 5.41) is 12.4. The maximum atomic E-state index is 9.20. The monoisotopic (exact) mass is 267 g/mol. The summed E-state index contributed by atoms with van der Waals surface area (Å²) < 4.78 is 11.3. The van der Waals surface area contributed by atoms with E-state index >= 15 is 0 Å². The Labute approximate surface area is 115 Å². The molecule has 0 heterocycles. The van der Waals surface area contributed by atoms with E-state index in [4.69, 9.17) is 9.47 Å². The number of hydrogen-bond donors (Lipinski definition) is 2. The van der Waals surface area contributed by atoms with Gasteiger partial charge in [-0.05, 0) is 38.0 Å². The molecule has 0 aliphatic heterocycles. The Morgan fingerprint density at radius 2 is 2.00 bits per heavy atom. The van der Waals surface area contributed by atoms with Gasteiger partial charge in [0.1, 0.15) is 0 Å². The molecular formula is C15H25NO3. The Bertz CT molecular complexity index is 366. The third-order valence-electron chi connectivity index (χ3n) is 2.54. The molecule has 2 N–H and O–H groups in total. The standard InChI is InChI=1S/C15H25NO3/c1-4-8-19-14-7-6-13(9-15(14)18-5-2)11-16-10-12(3)17/h6-7,9,12,16-17H,4-5,8,10-11H2,1-3H3/t12-/m1/s1. The van der Waals surface area contributed by atoms with Gasteiger partial charge in [-0.2, -0.15) is 0 Å². The summed E-state index contributed by atoms with van der Waals surface area (Å²) in [6.45, 7) is 8.40. The first-order valence-electron chi connectivity index (χ1n) is 6.94. The van der Waals surface area contributed by atoms with Crippen molar-refractivity contribution < 1.29 is 14.6 Å². The number of nitrogens with one attached hydrogen (secondary N) is 1. The van der Waals surface area contributed by atoms with E-state index in [2.05, 4.69) is 12.2 Å². The minimum atomic E-state index is -0.335.